The lowest BCUT2D eigenvalue weighted by Crippen LogP contribution is -2.32. The van der Waals surface area contributed by atoms with Crippen molar-refractivity contribution < 1.29 is 26.4 Å². The standard InChI is InChI=1S/C18H19BrF3N3O3S/c1-3-25(4-2)29(27,28)12-9-10-15(19)13(11-12)17(26)24-23-16-8-6-5-7-14(16)18(20,21)22/h5-11,23H,3-4H2,1-2H3,(H,24,26). The first kappa shape index (κ1) is 23.2. The zero-order valence-electron chi connectivity index (χ0n) is 15.5. The Morgan fingerprint density at radius 2 is 1.72 bits per heavy atom. The van der Waals surface area contributed by atoms with Gasteiger partial charge in [0.2, 0.25) is 10.0 Å². The number of sulfonamides is 1. The number of hydrogen-bond donors (Lipinski definition) is 2. The average Bonchev–Trinajstić information content (AvgIpc) is 2.66. The second-order valence-electron chi connectivity index (χ2n) is 5.85. The van der Waals surface area contributed by atoms with Gasteiger partial charge in [0.15, 0.2) is 0 Å². The third-order valence-corrected chi connectivity index (χ3v) is 6.81. The highest BCUT2D eigenvalue weighted by Crippen LogP contribution is 2.34. The minimum atomic E-state index is -4.60. The summed E-state index contributed by atoms with van der Waals surface area (Å²) in [6.07, 6.45) is -4.60. The molecule has 6 nitrogen and oxygen atoms in total. The van der Waals surface area contributed by atoms with Gasteiger partial charge in [-0.25, -0.2) is 8.42 Å². The quantitative estimate of drug-likeness (QED) is 0.565. The number of hydrogen-bond acceptors (Lipinski definition) is 4. The third kappa shape index (κ3) is 5.28. The van der Waals surface area contributed by atoms with Crippen LogP contribution >= 0.6 is 15.9 Å². The van der Waals surface area contributed by atoms with Gasteiger partial charge in [0.25, 0.3) is 5.91 Å². The van der Waals surface area contributed by atoms with Crippen LogP contribution in [0.1, 0.15) is 29.8 Å². The summed E-state index contributed by atoms with van der Waals surface area (Å²) in [5.74, 6) is -0.801. The Kier molecular flexibility index (Phi) is 7.30. The summed E-state index contributed by atoms with van der Waals surface area (Å²) < 4.78 is 66.0. The predicted octanol–water partition coefficient (Wildman–Crippen LogP) is 4.26. The Labute approximate surface area is 175 Å². The molecule has 0 aliphatic carbocycles. The molecule has 29 heavy (non-hydrogen) atoms. The van der Waals surface area contributed by atoms with Crippen molar-refractivity contribution in [2.75, 3.05) is 18.5 Å². The van der Waals surface area contributed by atoms with Crippen molar-refractivity contribution in [3.63, 3.8) is 0 Å². The summed E-state index contributed by atoms with van der Waals surface area (Å²) in [4.78, 5) is 12.4. The summed E-state index contributed by atoms with van der Waals surface area (Å²) in [5.41, 5.74) is 3.10. The summed E-state index contributed by atoms with van der Waals surface area (Å²) in [5, 5.41) is 0. The van der Waals surface area contributed by atoms with Crippen LogP contribution in [0, 0.1) is 0 Å². The minimum absolute atomic E-state index is 0.0461. The summed E-state index contributed by atoms with van der Waals surface area (Å²) in [7, 11) is -3.80. The van der Waals surface area contributed by atoms with Crippen LogP contribution in [-0.4, -0.2) is 31.7 Å². The Bertz CT molecular complexity index is 993. The number of carbonyl (C=O) groups is 1. The van der Waals surface area contributed by atoms with Crippen LogP contribution in [0.5, 0.6) is 0 Å². The zero-order chi connectivity index (χ0) is 21.8. The maximum Gasteiger partial charge on any atom is 0.418 e. The molecule has 0 aromatic heterocycles. The number of benzene rings is 2. The van der Waals surface area contributed by atoms with Crippen molar-refractivity contribution in [3.8, 4) is 0 Å². The second kappa shape index (κ2) is 9.14. The molecule has 2 aromatic rings. The molecule has 0 spiro atoms. The van der Waals surface area contributed by atoms with E-state index in [-0.39, 0.29) is 29.2 Å². The van der Waals surface area contributed by atoms with Crippen LogP contribution in [0.2, 0.25) is 0 Å². The third-order valence-electron chi connectivity index (χ3n) is 4.07. The van der Waals surface area contributed by atoms with Crippen molar-refractivity contribution in [3.05, 3.63) is 58.1 Å². The lowest BCUT2D eigenvalue weighted by Gasteiger charge is -2.19. The molecule has 0 atom stereocenters. The number of para-hydroxylation sites is 1. The van der Waals surface area contributed by atoms with Gasteiger partial charge in [-0.3, -0.25) is 15.6 Å². The molecular weight excluding hydrogens is 475 g/mol. The molecule has 0 unspecified atom stereocenters. The van der Waals surface area contributed by atoms with E-state index in [4.69, 9.17) is 0 Å². The highest BCUT2D eigenvalue weighted by atomic mass is 79.9. The molecule has 158 valence electrons. The van der Waals surface area contributed by atoms with Gasteiger partial charge >= 0.3 is 6.18 Å². The van der Waals surface area contributed by atoms with E-state index in [1.54, 1.807) is 13.8 Å². The van der Waals surface area contributed by atoms with Gasteiger partial charge < -0.3 is 0 Å². The molecule has 0 fully saturated rings. The fourth-order valence-electron chi connectivity index (χ4n) is 2.58. The van der Waals surface area contributed by atoms with E-state index >= 15 is 0 Å². The highest BCUT2D eigenvalue weighted by Gasteiger charge is 2.33. The molecule has 11 heteroatoms. The molecule has 0 saturated heterocycles. The van der Waals surface area contributed by atoms with Crippen LogP contribution in [0.4, 0.5) is 18.9 Å². The van der Waals surface area contributed by atoms with E-state index < -0.39 is 27.7 Å². The maximum absolute atomic E-state index is 13.1. The van der Waals surface area contributed by atoms with Crippen molar-refractivity contribution >= 4 is 37.5 Å². The fourth-order valence-corrected chi connectivity index (χ4v) is 4.49. The van der Waals surface area contributed by atoms with Gasteiger partial charge in [-0.2, -0.15) is 17.5 Å². The van der Waals surface area contributed by atoms with Crippen molar-refractivity contribution in [1.82, 2.24) is 9.73 Å². The van der Waals surface area contributed by atoms with Crippen LogP contribution < -0.4 is 10.9 Å². The normalized spacial score (nSPS) is 12.1. The van der Waals surface area contributed by atoms with Gasteiger partial charge in [-0.05, 0) is 46.3 Å². The van der Waals surface area contributed by atoms with Gasteiger partial charge in [-0.15, -0.1) is 0 Å². The van der Waals surface area contributed by atoms with Crippen LogP contribution in [0.3, 0.4) is 0 Å². The van der Waals surface area contributed by atoms with E-state index in [1.165, 1.54) is 40.7 Å². The average molecular weight is 494 g/mol. The predicted molar refractivity (Wildman–Crippen MR) is 107 cm³/mol. The van der Waals surface area contributed by atoms with Gasteiger partial charge in [-0.1, -0.05) is 26.0 Å². The number of rotatable bonds is 7. The number of anilines is 1. The second-order valence-corrected chi connectivity index (χ2v) is 8.65. The fraction of sp³-hybridized carbons (Fsp3) is 0.278. The van der Waals surface area contributed by atoms with Crippen LogP contribution in [0.25, 0.3) is 0 Å². The number of alkyl halides is 3. The summed E-state index contributed by atoms with van der Waals surface area (Å²) in [6, 6.07) is 8.58. The van der Waals surface area contributed by atoms with E-state index in [0.717, 1.165) is 6.07 Å². The largest absolute Gasteiger partial charge is 0.418 e. The highest BCUT2D eigenvalue weighted by molar-refractivity contribution is 9.10. The maximum atomic E-state index is 13.1. The summed E-state index contributed by atoms with van der Waals surface area (Å²) in [6.45, 7) is 3.89. The topological polar surface area (TPSA) is 78.5 Å². The van der Waals surface area contributed by atoms with Crippen molar-refractivity contribution in [2.24, 2.45) is 0 Å². The number of carbonyl (C=O) groups excluding carboxylic acids is 1. The molecule has 2 aromatic carbocycles. The van der Waals surface area contributed by atoms with Crippen LogP contribution in [0.15, 0.2) is 51.8 Å². The Morgan fingerprint density at radius 3 is 2.31 bits per heavy atom. The molecule has 0 aliphatic rings. The van der Waals surface area contributed by atoms with E-state index in [2.05, 4.69) is 26.8 Å². The minimum Gasteiger partial charge on any atom is -0.298 e. The summed E-state index contributed by atoms with van der Waals surface area (Å²) >= 11 is 3.16. The molecular formula is C18H19BrF3N3O3S. The Hall–Kier alpha value is -2.11. The molecule has 0 heterocycles. The number of halogens is 4. The molecule has 2 N–H and O–H groups in total. The van der Waals surface area contributed by atoms with Crippen molar-refractivity contribution in [2.45, 2.75) is 24.9 Å². The number of amides is 1. The first-order chi connectivity index (χ1) is 13.5. The monoisotopic (exact) mass is 493 g/mol. The first-order valence-corrected chi connectivity index (χ1v) is 10.8. The molecule has 1 amide bonds. The first-order valence-electron chi connectivity index (χ1n) is 8.54. The molecule has 0 saturated carbocycles. The van der Waals surface area contributed by atoms with Gasteiger partial charge in [0.1, 0.15) is 0 Å². The van der Waals surface area contributed by atoms with Crippen LogP contribution in [-0.2, 0) is 16.2 Å². The number of hydrazine groups is 1. The Balaban J connectivity index is 2.29. The van der Waals surface area contributed by atoms with E-state index in [0.29, 0.717) is 4.47 Å². The lowest BCUT2D eigenvalue weighted by atomic mass is 10.2. The SMILES string of the molecule is CCN(CC)S(=O)(=O)c1ccc(Br)c(C(=O)NNc2ccccc2C(F)(F)F)c1. The zero-order valence-corrected chi connectivity index (χ0v) is 18.0. The van der Waals surface area contributed by atoms with Crippen molar-refractivity contribution in [1.29, 1.82) is 0 Å². The van der Waals surface area contributed by atoms with E-state index in [1.807, 2.05) is 0 Å². The van der Waals surface area contributed by atoms with E-state index in [9.17, 15) is 26.4 Å². The Morgan fingerprint density at radius 1 is 1.10 bits per heavy atom. The van der Waals surface area contributed by atoms with Gasteiger partial charge in [0.05, 0.1) is 21.7 Å². The number of nitrogens with zero attached hydrogens (tertiary/aromatic N) is 1. The smallest absolute Gasteiger partial charge is 0.298 e. The molecule has 0 bridgehead atoms. The molecule has 0 radical (unpaired) electrons. The van der Waals surface area contributed by atoms with Gasteiger partial charge in [0, 0.05) is 17.6 Å². The molecule has 2 rings (SSSR count). The lowest BCUT2D eigenvalue weighted by molar-refractivity contribution is -0.137. The number of nitrogens with one attached hydrogen (secondary N) is 2. The molecule has 0 aliphatic heterocycles.